The first-order valence-electron chi connectivity index (χ1n) is 12.5. The van der Waals surface area contributed by atoms with E-state index in [1.807, 2.05) is 63.4 Å². The summed E-state index contributed by atoms with van der Waals surface area (Å²) in [6.45, 7) is 2.41. The van der Waals surface area contributed by atoms with E-state index in [-0.39, 0.29) is 5.91 Å². The zero-order valence-corrected chi connectivity index (χ0v) is 23.6. The van der Waals surface area contributed by atoms with Crippen molar-refractivity contribution in [3.05, 3.63) is 69.6 Å². The van der Waals surface area contributed by atoms with Gasteiger partial charge in [0.25, 0.3) is 5.91 Å². The highest BCUT2D eigenvalue weighted by Crippen LogP contribution is 2.36. The third-order valence-corrected chi connectivity index (χ3v) is 9.10. The Labute approximate surface area is 239 Å². The number of carbonyl (C=O) groups is 1. The number of thiazole rings is 1. The van der Waals surface area contributed by atoms with Gasteiger partial charge in [-0.3, -0.25) is 9.36 Å². The van der Waals surface area contributed by atoms with Crippen LogP contribution < -0.4 is 4.74 Å². The average molecular weight is 584 g/mol. The van der Waals surface area contributed by atoms with E-state index in [9.17, 15) is 4.79 Å². The van der Waals surface area contributed by atoms with E-state index >= 15 is 0 Å². The normalized spacial score (nSPS) is 16.6. The second kappa shape index (κ2) is 11.3. The van der Waals surface area contributed by atoms with Crippen molar-refractivity contribution in [1.82, 2.24) is 24.6 Å². The van der Waals surface area contributed by atoms with Gasteiger partial charge < -0.3 is 19.1 Å². The van der Waals surface area contributed by atoms with E-state index < -0.39 is 5.79 Å². The van der Waals surface area contributed by atoms with Gasteiger partial charge in [0, 0.05) is 36.9 Å². The number of aromatic nitrogens is 4. The summed E-state index contributed by atoms with van der Waals surface area (Å²) in [5, 5.41) is 12.9. The Hall–Kier alpha value is -2.96. The van der Waals surface area contributed by atoms with Gasteiger partial charge in [-0.05, 0) is 24.3 Å². The quantitative estimate of drug-likeness (QED) is 0.270. The molecule has 1 amide bonds. The lowest BCUT2D eigenvalue weighted by Crippen LogP contribution is -2.47. The molecule has 0 unspecified atom stereocenters. The molecule has 0 atom stereocenters. The minimum atomic E-state index is -0.513. The Morgan fingerprint density at radius 1 is 1.10 bits per heavy atom. The number of nitrogens with zero attached hydrogens (tertiary/aromatic N) is 5. The van der Waals surface area contributed by atoms with Gasteiger partial charge in [0.2, 0.25) is 0 Å². The number of amides is 1. The van der Waals surface area contributed by atoms with Gasteiger partial charge in [-0.25, -0.2) is 4.98 Å². The molecule has 2 saturated heterocycles. The van der Waals surface area contributed by atoms with E-state index in [0.717, 1.165) is 16.3 Å². The molecule has 2 aliphatic heterocycles. The van der Waals surface area contributed by atoms with E-state index in [4.69, 9.17) is 25.8 Å². The second-order valence-electron chi connectivity index (χ2n) is 9.11. The number of benzene rings is 2. The molecule has 202 valence electrons. The van der Waals surface area contributed by atoms with Crippen LogP contribution >= 0.6 is 34.7 Å². The largest absolute Gasteiger partial charge is 0.495 e. The van der Waals surface area contributed by atoms with E-state index in [1.165, 1.54) is 23.1 Å². The molecule has 2 aromatic heterocycles. The summed E-state index contributed by atoms with van der Waals surface area (Å²) in [7, 11) is 1.63. The first-order valence-corrected chi connectivity index (χ1v) is 14.8. The summed E-state index contributed by atoms with van der Waals surface area (Å²) < 4.78 is 19.1. The molecular weight excluding hydrogens is 558 g/mol. The molecule has 39 heavy (non-hydrogen) atoms. The molecule has 0 aliphatic carbocycles. The molecule has 12 heteroatoms. The summed E-state index contributed by atoms with van der Waals surface area (Å²) in [6.07, 6.45) is 1.36. The molecule has 0 N–H and O–H groups in total. The lowest BCUT2D eigenvalue weighted by molar-refractivity contribution is -0.181. The predicted octanol–water partition coefficient (Wildman–Crippen LogP) is 5.32. The number of thioether (sulfide) groups is 1. The van der Waals surface area contributed by atoms with Crippen LogP contribution in [0.25, 0.3) is 17.1 Å². The fourth-order valence-electron chi connectivity index (χ4n) is 4.81. The molecule has 2 aliphatic rings. The molecule has 0 radical (unpaired) electrons. The van der Waals surface area contributed by atoms with Crippen molar-refractivity contribution >= 4 is 40.6 Å². The zero-order valence-electron chi connectivity index (χ0n) is 21.2. The SMILES string of the molecule is COc1ccccc1-n1c(SCc2nc(C(=O)N3CCC4(CC3)OCCO4)cs2)nnc1-c1ccccc1Cl. The van der Waals surface area contributed by atoms with Gasteiger partial charge in [0.05, 0.1) is 36.8 Å². The Bertz CT molecular complexity index is 1480. The second-order valence-corrected chi connectivity index (χ2v) is 11.4. The van der Waals surface area contributed by atoms with Crippen LogP contribution in [-0.4, -0.2) is 69.8 Å². The van der Waals surface area contributed by atoms with Gasteiger partial charge in [-0.2, -0.15) is 0 Å². The van der Waals surface area contributed by atoms with Crippen molar-refractivity contribution in [3.8, 4) is 22.8 Å². The Morgan fingerprint density at radius 3 is 2.62 bits per heavy atom. The van der Waals surface area contributed by atoms with Crippen LogP contribution in [0.4, 0.5) is 0 Å². The third kappa shape index (κ3) is 5.29. The summed E-state index contributed by atoms with van der Waals surface area (Å²) >= 11 is 9.48. The van der Waals surface area contributed by atoms with Crippen LogP contribution in [0.3, 0.4) is 0 Å². The van der Waals surface area contributed by atoms with Crippen LogP contribution in [-0.2, 0) is 15.2 Å². The van der Waals surface area contributed by atoms with Crippen LogP contribution in [0, 0.1) is 0 Å². The number of piperidine rings is 1. The number of ether oxygens (including phenoxy) is 3. The average Bonchev–Trinajstić information content (AvgIpc) is 3.73. The van der Waals surface area contributed by atoms with Crippen molar-refractivity contribution < 1.29 is 19.0 Å². The molecule has 4 aromatic rings. The zero-order chi connectivity index (χ0) is 26.8. The number of hydrogen-bond acceptors (Lipinski definition) is 9. The van der Waals surface area contributed by atoms with Gasteiger partial charge >= 0.3 is 0 Å². The third-order valence-electron chi connectivity index (χ3n) is 6.80. The maximum Gasteiger partial charge on any atom is 0.273 e. The standard InChI is InChI=1S/C27H26ClN5O4S2/c1-35-22-9-5-4-8-21(22)33-24(18-6-2-3-7-19(18)28)30-31-26(33)39-17-23-29-20(16-38-23)25(34)32-12-10-27(11-13-32)36-14-15-37-27/h2-9,16H,10-15,17H2,1H3. The van der Waals surface area contributed by atoms with Crippen LogP contribution in [0.1, 0.15) is 28.3 Å². The van der Waals surface area contributed by atoms with Crippen molar-refractivity contribution in [2.45, 2.75) is 29.5 Å². The number of hydrogen-bond donors (Lipinski definition) is 0. The minimum Gasteiger partial charge on any atom is -0.495 e. The molecule has 4 heterocycles. The molecule has 1 spiro atoms. The molecular formula is C27H26ClN5O4S2. The van der Waals surface area contributed by atoms with Crippen molar-refractivity contribution in [2.75, 3.05) is 33.4 Å². The molecule has 0 bridgehead atoms. The highest BCUT2D eigenvalue weighted by Gasteiger charge is 2.41. The van der Waals surface area contributed by atoms with Gasteiger partial charge in [0.15, 0.2) is 16.8 Å². The maximum atomic E-state index is 13.1. The fourth-order valence-corrected chi connectivity index (χ4v) is 6.76. The monoisotopic (exact) mass is 583 g/mol. The van der Waals surface area contributed by atoms with Crippen molar-refractivity contribution in [3.63, 3.8) is 0 Å². The number of likely N-dealkylation sites (tertiary alicyclic amines) is 1. The molecule has 2 fully saturated rings. The summed E-state index contributed by atoms with van der Waals surface area (Å²) in [5.41, 5.74) is 2.03. The van der Waals surface area contributed by atoms with E-state index in [2.05, 4.69) is 15.2 Å². The van der Waals surface area contributed by atoms with Crippen LogP contribution in [0.5, 0.6) is 5.75 Å². The number of methoxy groups -OCH3 is 1. The highest BCUT2D eigenvalue weighted by atomic mass is 35.5. The predicted molar refractivity (Wildman–Crippen MR) is 150 cm³/mol. The lowest BCUT2D eigenvalue weighted by atomic mass is 10.0. The molecule has 0 saturated carbocycles. The van der Waals surface area contributed by atoms with Crippen LogP contribution in [0.15, 0.2) is 59.1 Å². The lowest BCUT2D eigenvalue weighted by Gasteiger charge is -2.37. The summed E-state index contributed by atoms with van der Waals surface area (Å²) in [4.78, 5) is 19.6. The Morgan fingerprint density at radius 2 is 1.85 bits per heavy atom. The Kier molecular flexibility index (Phi) is 7.59. The summed E-state index contributed by atoms with van der Waals surface area (Å²) in [6, 6.07) is 15.2. The molecule has 2 aromatic carbocycles. The first-order chi connectivity index (χ1) is 19.1. The van der Waals surface area contributed by atoms with Gasteiger partial charge in [-0.1, -0.05) is 47.6 Å². The topological polar surface area (TPSA) is 91.6 Å². The Balaban J connectivity index is 1.21. The molecule has 6 rings (SSSR count). The van der Waals surface area contributed by atoms with Crippen molar-refractivity contribution in [1.29, 1.82) is 0 Å². The number of rotatable bonds is 7. The summed E-state index contributed by atoms with van der Waals surface area (Å²) in [5.74, 6) is 1.25. The number of halogens is 1. The van der Waals surface area contributed by atoms with Gasteiger partial charge in [-0.15, -0.1) is 21.5 Å². The molecule has 9 nitrogen and oxygen atoms in total. The smallest absolute Gasteiger partial charge is 0.273 e. The van der Waals surface area contributed by atoms with E-state index in [1.54, 1.807) is 7.11 Å². The highest BCUT2D eigenvalue weighted by molar-refractivity contribution is 7.98. The van der Waals surface area contributed by atoms with Crippen LogP contribution in [0.2, 0.25) is 5.02 Å². The first kappa shape index (κ1) is 26.3. The number of para-hydroxylation sites is 2. The van der Waals surface area contributed by atoms with Crippen molar-refractivity contribution in [2.24, 2.45) is 0 Å². The minimum absolute atomic E-state index is 0.0615. The number of carbonyl (C=O) groups excluding carboxylic acids is 1. The van der Waals surface area contributed by atoms with Gasteiger partial charge in [0.1, 0.15) is 16.5 Å². The fraction of sp³-hybridized carbons (Fsp3) is 0.333. The maximum absolute atomic E-state index is 13.1. The van der Waals surface area contributed by atoms with E-state index in [0.29, 0.717) is 72.3 Å².